The zero-order chi connectivity index (χ0) is 13.3. The monoisotopic (exact) mass is 288 g/mol. The highest BCUT2D eigenvalue weighted by molar-refractivity contribution is 7.99. The summed E-state index contributed by atoms with van der Waals surface area (Å²) in [5.74, 6) is 0. The Morgan fingerprint density at radius 3 is 2.89 bits per heavy atom. The number of nitrogens with zero attached hydrogens (tertiary/aromatic N) is 5. The molecular weight excluding hydrogens is 284 g/mol. The quantitative estimate of drug-likeness (QED) is 0.380. The van der Waals surface area contributed by atoms with Gasteiger partial charge in [0.1, 0.15) is 6.20 Å². The minimum absolute atomic E-state index is 0.0158. The fourth-order valence-corrected chi connectivity index (χ4v) is 2.08. The van der Waals surface area contributed by atoms with E-state index in [9.17, 15) is 14.9 Å². The van der Waals surface area contributed by atoms with Crippen LogP contribution >= 0.6 is 23.4 Å². The van der Waals surface area contributed by atoms with Crippen molar-refractivity contribution >= 4 is 29.1 Å². The van der Waals surface area contributed by atoms with Crippen molar-refractivity contribution in [2.24, 2.45) is 7.05 Å². The Labute approximate surface area is 108 Å². The molecule has 2 aromatic rings. The summed E-state index contributed by atoms with van der Waals surface area (Å²) in [6.07, 6.45) is 1.00. The average Bonchev–Trinajstić information content (AvgIpc) is 2.61. The minimum atomic E-state index is -0.635. The third-order valence-electron chi connectivity index (χ3n) is 1.93. The van der Waals surface area contributed by atoms with Gasteiger partial charge in [0.15, 0.2) is 10.2 Å². The normalized spacial score (nSPS) is 10.6. The molecule has 2 heterocycles. The van der Waals surface area contributed by atoms with Gasteiger partial charge >= 0.3 is 11.4 Å². The molecular formula is C7H5ClN6O3S. The molecule has 94 valence electrons. The molecule has 18 heavy (non-hydrogen) atoms. The molecule has 0 aliphatic heterocycles. The lowest BCUT2D eigenvalue weighted by Crippen LogP contribution is -2.12. The van der Waals surface area contributed by atoms with Crippen LogP contribution in [-0.4, -0.2) is 29.7 Å². The highest BCUT2D eigenvalue weighted by Crippen LogP contribution is 2.31. The number of rotatable bonds is 3. The second kappa shape index (κ2) is 4.74. The molecule has 0 saturated carbocycles. The Bertz CT molecular complexity index is 667. The Morgan fingerprint density at radius 2 is 2.33 bits per heavy atom. The Hall–Kier alpha value is -1.94. The molecule has 2 rings (SSSR count). The first kappa shape index (κ1) is 12.5. The minimum Gasteiger partial charge on any atom is -0.273 e. The van der Waals surface area contributed by atoms with Crippen LogP contribution in [0.3, 0.4) is 0 Å². The first-order valence-corrected chi connectivity index (χ1v) is 5.64. The van der Waals surface area contributed by atoms with Gasteiger partial charge in [0.2, 0.25) is 5.28 Å². The van der Waals surface area contributed by atoms with E-state index in [4.69, 9.17) is 11.6 Å². The second-order valence-electron chi connectivity index (χ2n) is 3.06. The lowest BCUT2D eigenvalue weighted by atomic mass is 10.6. The summed E-state index contributed by atoms with van der Waals surface area (Å²) in [6, 6.07) is 0. The van der Waals surface area contributed by atoms with Gasteiger partial charge in [-0.15, -0.1) is 5.10 Å². The maximum Gasteiger partial charge on any atom is 0.343 e. The maximum atomic E-state index is 11.2. The van der Waals surface area contributed by atoms with Gasteiger partial charge in [-0.25, -0.2) is 19.9 Å². The predicted octanol–water partition coefficient (Wildman–Crippen LogP) is 0.611. The van der Waals surface area contributed by atoms with Gasteiger partial charge < -0.3 is 0 Å². The van der Waals surface area contributed by atoms with E-state index in [1.54, 1.807) is 0 Å². The molecule has 0 spiro atoms. The number of H-pyrrole nitrogens is 1. The van der Waals surface area contributed by atoms with Crippen LogP contribution in [0.1, 0.15) is 0 Å². The summed E-state index contributed by atoms with van der Waals surface area (Å²) in [5, 5.41) is 16.8. The lowest BCUT2D eigenvalue weighted by Gasteiger charge is -2.00. The van der Waals surface area contributed by atoms with Crippen molar-refractivity contribution < 1.29 is 4.92 Å². The van der Waals surface area contributed by atoms with E-state index in [2.05, 4.69) is 20.2 Å². The van der Waals surface area contributed by atoms with Crippen LogP contribution in [0.15, 0.2) is 21.2 Å². The molecule has 0 unspecified atom stereocenters. The zero-order valence-electron chi connectivity index (χ0n) is 8.82. The lowest BCUT2D eigenvalue weighted by molar-refractivity contribution is -0.388. The largest absolute Gasteiger partial charge is 0.343 e. The number of hydrogen-bond acceptors (Lipinski definition) is 7. The molecule has 0 saturated heterocycles. The summed E-state index contributed by atoms with van der Waals surface area (Å²) in [7, 11) is 1.47. The number of hydrogen-bond donors (Lipinski definition) is 1. The van der Waals surface area contributed by atoms with Crippen molar-refractivity contribution in [3.8, 4) is 0 Å². The van der Waals surface area contributed by atoms with Gasteiger partial charge in [-0.05, 0) is 23.4 Å². The fourth-order valence-electron chi connectivity index (χ4n) is 1.05. The summed E-state index contributed by atoms with van der Waals surface area (Å²) in [4.78, 5) is 28.6. The molecule has 0 atom stereocenters. The molecule has 0 radical (unpaired) electrons. The molecule has 1 N–H and O–H groups in total. The summed E-state index contributed by atoms with van der Waals surface area (Å²) in [5.41, 5.74) is -0.736. The van der Waals surface area contributed by atoms with Crippen LogP contribution in [0.2, 0.25) is 5.28 Å². The summed E-state index contributed by atoms with van der Waals surface area (Å²) < 4.78 is 1.20. The number of nitro groups is 1. The Kier molecular flexibility index (Phi) is 3.30. The predicted molar refractivity (Wildman–Crippen MR) is 61.6 cm³/mol. The molecule has 0 fully saturated rings. The van der Waals surface area contributed by atoms with Gasteiger partial charge in [-0.1, -0.05) is 0 Å². The van der Waals surface area contributed by atoms with Crippen LogP contribution in [0.4, 0.5) is 5.69 Å². The van der Waals surface area contributed by atoms with E-state index in [0.717, 1.165) is 18.0 Å². The topological polar surface area (TPSA) is 120 Å². The van der Waals surface area contributed by atoms with Crippen molar-refractivity contribution in [2.75, 3.05) is 0 Å². The summed E-state index contributed by atoms with van der Waals surface area (Å²) >= 11 is 6.43. The number of aromatic nitrogens is 5. The van der Waals surface area contributed by atoms with Crippen molar-refractivity contribution in [2.45, 2.75) is 10.2 Å². The van der Waals surface area contributed by atoms with Crippen molar-refractivity contribution in [1.82, 2.24) is 24.7 Å². The second-order valence-corrected chi connectivity index (χ2v) is 4.35. The highest BCUT2D eigenvalue weighted by atomic mass is 35.5. The van der Waals surface area contributed by atoms with Crippen LogP contribution in [0.5, 0.6) is 0 Å². The molecule has 2 aromatic heterocycles. The van der Waals surface area contributed by atoms with E-state index >= 15 is 0 Å². The van der Waals surface area contributed by atoms with Crippen molar-refractivity contribution in [3.63, 3.8) is 0 Å². The average molecular weight is 289 g/mol. The number of halogens is 1. The van der Waals surface area contributed by atoms with Gasteiger partial charge in [0.25, 0.3) is 0 Å². The maximum absolute atomic E-state index is 11.2. The SMILES string of the molecule is Cn1c(Sc2nc(Cl)ncc2[N+](=O)[O-])n[nH]c1=O. The van der Waals surface area contributed by atoms with Gasteiger partial charge in [0, 0.05) is 7.05 Å². The molecule has 0 amide bonds. The Balaban J connectivity index is 2.45. The van der Waals surface area contributed by atoms with Crippen LogP contribution in [0.25, 0.3) is 0 Å². The standard InChI is InChI=1S/C7H5ClN6O3S/c1-13-6(15)11-12-7(13)18-4-3(14(16)17)2-9-5(8)10-4/h2H,1H3,(H,11,15). The third-order valence-corrected chi connectivity index (χ3v) is 3.15. The van der Waals surface area contributed by atoms with Gasteiger partial charge in [-0.3, -0.25) is 14.7 Å². The van der Waals surface area contributed by atoms with E-state index in [1.807, 2.05) is 0 Å². The van der Waals surface area contributed by atoms with E-state index in [-0.39, 0.29) is 21.2 Å². The van der Waals surface area contributed by atoms with Crippen molar-refractivity contribution in [3.05, 3.63) is 32.1 Å². The van der Waals surface area contributed by atoms with Crippen LogP contribution < -0.4 is 5.69 Å². The fraction of sp³-hybridized carbons (Fsp3) is 0.143. The molecule has 0 aliphatic carbocycles. The van der Waals surface area contributed by atoms with Gasteiger partial charge in [-0.2, -0.15) is 0 Å². The van der Waals surface area contributed by atoms with E-state index in [1.165, 1.54) is 11.6 Å². The first-order valence-electron chi connectivity index (χ1n) is 4.45. The van der Waals surface area contributed by atoms with Crippen LogP contribution in [0, 0.1) is 10.1 Å². The number of nitrogens with one attached hydrogen (secondary N) is 1. The molecule has 0 bridgehead atoms. The highest BCUT2D eigenvalue weighted by Gasteiger charge is 2.20. The Morgan fingerprint density at radius 1 is 1.61 bits per heavy atom. The first-order chi connectivity index (χ1) is 8.49. The number of aromatic amines is 1. The molecule has 0 aromatic carbocycles. The third kappa shape index (κ3) is 2.33. The summed E-state index contributed by atoms with van der Waals surface area (Å²) in [6.45, 7) is 0. The van der Waals surface area contributed by atoms with Gasteiger partial charge in [0.05, 0.1) is 4.92 Å². The zero-order valence-corrected chi connectivity index (χ0v) is 10.4. The van der Waals surface area contributed by atoms with Crippen LogP contribution in [-0.2, 0) is 7.05 Å². The van der Waals surface area contributed by atoms with Crippen molar-refractivity contribution in [1.29, 1.82) is 0 Å². The van der Waals surface area contributed by atoms with E-state index in [0.29, 0.717) is 0 Å². The molecule has 11 heteroatoms. The smallest absolute Gasteiger partial charge is 0.273 e. The molecule has 0 aliphatic rings. The molecule has 9 nitrogen and oxygen atoms in total. The van der Waals surface area contributed by atoms with E-state index < -0.39 is 10.6 Å².